The molecule has 19 heavy (non-hydrogen) atoms. The van der Waals surface area contributed by atoms with Crippen molar-refractivity contribution in [3.05, 3.63) is 0 Å². The van der Waals surface area contributed by atoms with E-state index < -0.39 is 15.5 Å². The number of rotatable bonds is 9. The van der Waals surface area contributed by atoms with Gasteiger partial charge in [0.05, 0.1) is 19.8 Å². The summed E-state index contributed by atoms with van der Waals surface area (Å²) in [5, 5.41) is 5.19. The average molecular weight is 294 g/mol. The Kier molecular flexibility index (Phi) is 7.86. The predicted molar refractivity (Wildman–Crippen MR) is 74.2 cm³/mol. The van der Waals surface area contributed by atoms with E-state index in [1.807, 2.05) is 0 Å². The van der Waals surface area contributed by atoms with Crippen LogP contribution in [0.2, 0.25) is 0 Å². The van der Waals surface area contributed by atoms with Crippen molar-refractivity contribution in [2.75, 3.05) is 39.5 Å². The van der Waals surface area contributed by atoms with Gasteiger partial charge < -0.3 is 9.47 Å². The third-order valence-electron chi connectivity index (χ3n) is 3.22. The Morgan fingerprint density at radius 1 is 1.32 bits per heavy atom. The Morgan fingerprint density at radius 3 is 2.58 bits per heavy atom. The first-order valence-corrected chi connectivity index (χ1v) is 8.58. The highest BCUT2D eigenvalue weighted by Gasteiger charge is 2.22. The maximum absolute atomic E-state index is 11.4. The summed E-state index contributed by atoms with van der Waals surface area (Å²) in [4.78, 5) is 2.20. The van der Waals surface area contributed by atoms with Crippen LogP contribution in [0.4, 0.5) is 0 Å². The molecule has 0 saturated carbocycles. The van der Waals surface area contributed by atoms with Crippen molar-refractivity contribution in [3.63, 3.8) is 0 Å². The molecule has 2 N–H and O–H groups in total. The van der Waals surface area contributed by atoms with Gasteiger partial charge >= 0.3 is 0 Å². The zero-order valence-corrected chi connectivity index (χ0v) is 12.5. The zero-order valence-electron chi connectivity index (χ0n) is 11.7. The lowest BCUT2D eigenvalue weighted by Crippen LogP contribution is -2.40. The molecule has 1 saturated heterocycles. The normalized spacial score (nSPS) is 19.5. The van der Waals surface area contributed by atoms with E-state index in [1.54, 1.807) is 0 Å². The van der Waals surface area contributed by atoms with Crippen LogP contribution >= 0.6 is 0 Å². The van der Waals surface area contributed by atoms with Crippen LogP contribution in [-0.2, 0) is 19.5 Å². The van der Waals surface area contributed by atoms with Gasteiger partial charge in [0, 0.05) is 19.6 Å². The summed E-state index contributed by atoms with van der Waals surface area (Å²) in [6, 6.07) is 0. The fourth-order valence-electron chi connectivity index (χ4n) is 2.04. The maximum atomic E-state index is 11.4. The molecular formula is C12H26N2O4S. The van der Waals surface area contributed by atoms with Crippen LogP contribution < -0.4 is 5.14 Å². The molecule has 0 bridgehead atoms. The Bertz CT molecular complexity index is 329. The van der Waals surface area contributed by atoms with Crippen LogP contribution in [0.1, 0.15) is 32.6 Å². The van der Waals surface area contributed by atoms with E-state index in [-0.39, 0.29) is 0 Å². The number of sulfonamides is 1. The third kappa shape index (κ3) is 7.22. The molecule has 1 aliphatic heterocycles. The summed E-state index contributed by atoms with van der Waals surface area (Å²) < 4.78 is 33.6. The lowest BCUT2D eigenvalue weighted by Gasteiger charge is -2.27. The van der Waals surface area contributed by atoms with Crippen molar-refractivity contribution < 1.29 is 17.9 Å². The highest BCUT2D eigenvalue weighted by atomic mass is 32.2. The number of hydrogen-bond donors (Lipinski definition) is 1. The molecule has 1 atom stereocenters. The Labute approximate surface area is 116 Å². The van der Waals surface area contributed by atoms with E-state index in [0.717, 1.165) is 52.1 Å². The quantitative estimate of drug-likeness (QED) is 0.627. The average Bonchev–Trinajstić information content (AvgIpc) is 2.37. The van der Waals surface area contributed by atoms with Crippen molar-refractivity contribution in [1.82, 2.24) is 4.90 Å². The molecule has 0 aromatic rings. The molecule has 1 unspecified atom stereocenters. The molecule has 1 rings (SSSR count). The molecule has 0 aromatic heterocycles. The Hall–Kier alpha value is -0.210. The molecule has 7 heteroatoms. The molecular weight excluding hydrogens is 268 g/mol. The number of ether oxygens (including phenoxy) is 2. The van der Waals surface area contributed by atoms with Crippen molar-refractivity contribution in [1.29, 1.82) is 0 Å². The molecule has 6 nitrogen and oxygen atoms in total. The van der Waals surface area contributed by atoms with Gasteiger partial charge in [-0.25, -0.2) is 13.6 Å². The number of hydrogen-bond acceptors (Lipinski definition) is 5. The van der Waals surface area contributed by atoms with E-state index in [4.69, 9.17) is 14.6 Å². The van der Waals surface area contributed by atoms with Gasteiger partial charge in [-0.3, -0.25) is 4.90 Å². The van der Waals surface area contributed by atoms with Crippen molar-refractivity contribution in [2.24, 2.45) is 5.14 Å². The standard InChI is InChI=1S/C12H26N2O4S/c1-2-3-4-5-12(19(13,15)16)18-11-8-14-6-9-17-10-7-14/h12H,2-11H2,1H3,(H2,13,15,16). The van der Waals surface area contributed by atoms with Gasteiger partial charge in [-0.2, -0.15) is 0 Å². The second kappa shape index (κ2) is 8.86. The fourth-order valence-corrected chi connectivity index (χ4v) is 2.82. The summed E-state index contributed by atoms with van der Waals surface area (Å²) in [5.74, 6) is 0. The fraction of sp³-hybridized carbons (Fsp3) is 1.00. The largest absolute Gasteiger partial charge is 0.379 e. The first-order chi connectivity index (χ1) is 9.04. The van der Waals surface area contributed by atoms with Crippen LogP contribution in [0, 0.1) is 0 Å². The van der Waals surface area contributed by atoms with Crippen LogP contribution in [0.3, 0.4) is 0 Å². The van der Waals surface area contributed by atoms with E-state index in [0.29, 0.717) is 13.0 Å². The summed E-state index contributed by atoms with van der Waals surface area (Å²) >= 11 is 0. The van der Waals surface area contributed by atoms with Crippen LogP contribution in [-0.4, -0.2) is 58.2 Å². The molecule has 1 heterocycles. The molecule has 0 aromatic carbocycles. The van der Waals surface area contributed by atoms with Crippen molar-refractivity contribution in [3.8, 4) is 0 Å². The maximum Gasteiger partial charge on any atom is 0.236 e. The highest BCUT2D eigenvalue weighted by molar-refractivity contribution is 7.89. The summed E-state index contributed by atoms with van der Waals surface area (Å²) in [5.41, 5.74) is -0.861. The van der Waals surface area contributed by atoms with Crippen molar-refractivity contribution in [2.45, 2.75) is 38.0 Å². The molecule has 0 radical (unpaired) electrons. The number of nitrogens with two attached hydrogens (primary N) is 1. The van der Waals surface area contributed by atoms with E-state index in [1.165, 1.54) is 0 Å². The van der Waals surface area contributed by atoms with Gasteiger partial charge in [-0.1, -0.05) is 19.8 Å². The van der Waals surface area contributed by atoms with Gasteiger partial charge in [0.2, 0.25) is 10.0 Å². The van der Waals surface area contributed by atoms with Gasteiger partial charge in [0.15, 0.2) is 5.44 Å². The molecule has 0 amide bonds. The summed E-state index contributed by atoms with van der Waals surface area (Å²) in [6.07, 6.45) is 3.36. The number of nitrogens with zero attached hydrogens (tertiary/aromatic N) is 1. The monoisotopic (exact) mass is 294 g/mol. The second-order valence-electron chi connectivity index (χ2n) is 4.84. The summed E-state index contributed by atoms with van der Waals surface area (Å²) in [7, 11) is -3.61. The molecule has 1 aliphatic rings. The summed E-state index contributed by atoms with van der Waals surface area (Å²) in [6.45, 7) is 6.41. The molecule has 1 fully saturated rings. The lowest BCUT2D eigenvalue weighted by atomic mass is 10.2. The van der Waals surface area contributed by atoms with Gasteiger partial charge in [0.1, 0.15) is 0 Å². The van der Waals surface area contributed by atoms with Gasteiger partial charge in [-0.15, -0.1) is 0 Å². The third-order valence-corrected chi connectivity index (χ3v) is 4.33. The number of morpholine rings is 1. The molecule has 114 valence electrons. The van der Waals surface area contributed by atoms with Crippen LogP contribution in [0.15, 0.2) is 0 Å². The molecule has 0 aliphatic carbocycles. The minimum absolute atomic E-state index is 0.396. The number of unbranched alkanes of at least 4 members (excludes halogenated alkanes) is 2. The predicted octanol–water partition coefficient (Wildman–Crippen LogP) is 0.530. The van der Waals surface area contributed by atoms with E-state index in [9.17, 15) is 8.42 Å². The topological polar surface area (TPSA) is 81.9 Å². The zero-order chi connectivity index (χ0) is 14.1. The highest BCUT2D eigenvalue weighted by Crippen LogP contribution is 2.11. The first kappa shape index (κ1) is 16.8. The number of primary sulfonamides is 1. The second-order valence-corrected chi connectivity index (χ2v) is 6.54. The first-order valence-electron chi connectivity index (χ1n) is 6.97. The van der Waals surface area contributed by atoms with Gasteiger partial charge in [-0.05, 0) is 12.8 Å². The van der Waals surface area contributed by atoms with E-state index >= 15 is 0 Å². The SMILES string of the molecule is CCCCCC(OCCN1CCOCC1)S(N)(=O)=O. The van der Waals surface area contributed by atoms with E-state index in [2.05, 4.69) is 11.8 Å². The van der Waals surface area contributed by atoms with Crippen LogP contribution in [0.5, 0.6) is 0 Å². The van der Waals surface area contributed by atoms with Crippen molar-refractivity contribution >= 4 is 10.0 Å². The minimum Gasteiger partial charge on any atom is -0.379 e. The lowest BCUT2D eigenvalue weighted by molar-refractivity contribution is 0.0146. The van der Waals surface area contributed by atoms with Gasteiger partial charge in [0.25, 0.3) is 0 Å². The minimum atomic E-state index is -3.61. The smallest absolute Gasteiger partial charge is 0.236 e. The van der Waals surface area contributed by atoms with Crippen LogP contribution in [0.25, 0.3) is 0 Å². The Balaban J connectivity index is 2.27. The molecule has 0 spiro atoms. The Morgan fingerprint density at radius 2 is 2.00 bits per heavy atom.